The van der Waals surface area contributed by atoms with Crippen LogP contribution in [0.3, 0.4) is 0 Å². The summed E-state index contributed by atoms with van der Waals surface area (Å²) < 4.78 is 13.5. The molecule has 0 aromatic heterocycles. The average Bonchev–Trinajstić information content (AvgIpc) is 2.28. The lowest BCUT2D eigenvalue weighted by atomic mass is 10.0. The van der Waals surface area contributed by atoms with Crippen LogP contribution in [-0.4, -0.2) is 18.7 Å². The van der Waals surface area contributed by atoms with E-state index < -0.39 is 6.10 Å². The summed E-state index contributed by atoms with van der Waals surface area (Å²) in [6.07, 6.45) is -0.337. The highest BCUT2D eigenvalue weighted by Gasteiger charge is 2.14. The Morgan fingerprint density at radius 1 is 1.53 bits per heavy atom. The van der Waals surface area contributed by atoms with Crippen molar-refractivity contribution in [3.63, 3.8) is 0 Å². The van der Waals surface area contributed by atoms with Crippen LogP contribution in [0.4, 0.5) is 10.1 Å². The number of anilines is 1. The van der Waals surface area contributed by atoms with E-state index in [-0.39, 0.29) is 5.82 Å². The molecule has 1 aromatic carbocycles. The van der Waals surface area contributed by atoms with E-state index in [0.717, 1.165) is 5.69 Å². The molecular formula is C13H17FN2O. The fourth-order valence-electron chi connectivity index (χ4n) is 1.69. The highest BCUT2D eigenvalue weighted by atomic mass is 19.1. The number of aliphatic hydroxyl groups is 1. The maximum Gasteiger partial charge on any atom is 0.126 e. The van der Waals surface area contributed by atoms with Gasteiger partial charge in [-0.3, -0.25) is 0 Å². The molecule has 0 amide bonds. The highest BCUT2D eigenvalue weighted by molar-refractivity contribution is 5.56. The van der Waals surface area contributed by atoms with Gasteiger partial charge in [0.25, 0.3) is 0 Å². The summed E-state index contributed by atoms with van der Waals surface area (Å²) in [4.78, 5) is 1.86. The lowest BCUT2D eigenvalue weighted by molar-refractivity contribution is 0.199. The minimum atomic E-state index is -0.732. The van der Waals surface area contributed by atoms with Gasteiger partial charge in [0.15, 0.2) is 0 Å². The fraction of sp³-hybridized carbons (Fsp3) is 0.462. The van der Waals surface area contributed by atoms with E-state index in [0.29, 0.717) is 24.1 Å². The predicted octanol–water partition coefficient (Wildman–Crippen LogP) is 2.54. The molecule has 0 spiro atoms. The molecule has 0 heterocycles. The number of nitriles is 1. The van der Waals surface area contributed by atoms with Crippen LogP contribution in [-0.2, 0) is 0 Å². The van der Waals surface area contributed by atoms with Crippen molar-refractivity contribution in [2.45, 2.75) is 26.4 Å². The summed E-state index contributed by atoms with van der Waals surface area (Å²) in [5.74, 6) is -0.321. The molecule has 0 saturated carbocycles. The molecule has 0 aliphatic heterocycles. The molecule has 92 valence electrons. The van der Waals surface area contributed by atoms with E-state index >= 15 is 0 Å². The second kappa shape index (κ2) is 5.65. The molecule has 1 atom stereocenters. The van der Waals surface area contributed by atoms with Crippen LogP contribution in [0.15, 0.2) is 12.1 Å². The van der Waals surface area contributed by atoms with Crippen LogP contribution in [0.25, 0.3) is 0 Å². The summed E-state index contributed by atoms with van der Waals surface area (Å²) in [6.45, 7) is 3.84. The number of benzene rings is 1. The van der Waals surface area contributed by atoms with Gasteiger partial charge in [-0.25, -0.2) is 4.39 Å². The number of nitrogens with zero attached hydrogens (tertiary/aromatic N) is 2. The Morgan fingerprint density at radius 3 is 2.71 bits per heavy atom. The molecule has 1 aromatic rings. The van der Waals surface area contributed by atoms with Gasteiger partial charge in [0.2, 0.25) is 0 Å². The van der Waals surface area contributed by atoms with E-state index in [1.54, 1.807) is 19.9 Å². The standard InChI is InChI=1S/C13H17FN2O/c1-9-7-13(16(3)6-4-5-15)11(10(2)17)8-12(9)14/h7-8,10,17H,4,6H2,1-3H3/t10-/m1/s1. The maximum atomic E-state index is 13.5. The van der Waals surface area contributed by atoms with Gasteiger partial charge >= 0.3 is 0 Å². The van der Waals surface area contributed by atoms with Crippen LogP contribution < -0.4 is 4.90 Å². The first kappa shape index (κ1) is 13.5. The van der Waals surface area contributed by atoms with E-state index in [9.17, 15) is 9.50 Å². The largest absolute Gasteiger partial charge is 0.389 e. The number of rotatable bonds is 4. The third-order valence-electron chi connectivity index (χ3n) is 2.73. The average molecular weight is 236 g/mol. The van der Waals surface area contributed by atoms with E-state index in [1.165, 1.54) is 6.07 Å². The molecule has 0 aliphatic carbocycles. The van der Waals surface area contributed by atoms with Crippen LogP contribution >= 0.6 is 0 Å². The summed E-state index contributed by atoms with van der Waals surface area (Å²) in [7, 11) is 1.83. The quantitative estimate of drug-likeness (QED) is 0.873. The van der Waals surface area contributed by atoms with Crippen molar-refractivity contribution in [1.29, 1.82) is 5.26 Å². The Hall–Kier alpha value is -1.60. The summed E-state index contributed by atoms with van der Waals surface area (Å²) in [5, 5.41) is 18.2. The second-order valence-corrected chi connectivity index (χ2v) is 4.17. The normalized spacial score (nSPS) is 12.0. The Kier molecular flexibility index (Phi) is 4.47. The molecule has 1 rings (SSSR count). The van der Waals surface area contributed by atoms with Crippen molar-refractivity contribution < 1.29 is 9.50 Å². The molecule has 0 unspecified atom stereocenters. The van der Waals surface area contributed by atoms with Crippen molar-refractivity contribution in [1.82, 2.24) is 0 Å². The van der Waals surface area contributed by atoms with Crippen LogP contribution in [0.1, 0.15) is 30.6 Å². The Labute approximate surface area is 101 Å². The van der Waals surface area contributed by atoms with Gasteiger partial charge in [0.1, 0.15) is 5.82 Å². The Balaban J connectivity index is 3.12. The third-order valence-corrected chi connectivity index (χ3v) is 2.73. The van der Waals surface area contributed by atoms with Crippen LogP contribution in [0.2, 0.25) is 0 Å². The van der Waals surface area contributed by atoms with Gasteiger partial charge in [-0.1, -0.05) is 0 Å². The predicted molar refractivity (Wildman–Crippen MR) is 65.3 cm³/mol. The number of aryl methyl sites for hydroxylation is 1. The SMILES string of the molecule is Cc1cc(N(C)CCC#N)c([C@@H](C)O)cc1F. The maximum absolute atomic E-state index is 13.5. The summed E-state index contributed by atoms with van der Waals surface area (Å²) in [5.41, 5.74) is 1.86. The van der Waals surface area contributed by atoms with Crippen molar-refractivity contribution in [3.8, 4) is 6.07 Å². The van der Waals surface area contributed by atoms with E-state index in [1.807, 2.05) is 11.9 Å². The fourth-order valence-corrected chi connectivity index (χ4v) is 1.69. The summed E-state index contributed by atoms with van der Waals surface area (Å²) >= 11 is 0. The van der Waals surface area contributed by atoms with Gasteiger partial charge in [-0.15, -0.1) is 0 Å². The molecule has 17 heavy (non-hydrogen) atoms. The zero-order chi connectivity index (χ0) is 13.0. The lowest BCUT2D eigenvalue weighted by Crippen LogP contribution is -2.20. The lowest BCUT2D eigenvalue weighted by Gasteiger charge is -2.23. The van der Waals surface area contributed by atoms with Gasteiger partial charge in [0, 0.05) is 24.8 Å². The van der Waals surface area contributed by atoms with E-state index in [4.69, 9.17) is 5.26 Å². The van der Waals surface area contributed by atoms with Gasteiger partial charge in [-0.2, -0.15) is 5.26 Å². The zero-order valence-electron chi connectivity index (χ0n) is 10.4. The zero-order valence-corrected chi connectivity index (χ0v) is 10.4. The molecule has 3 nitrogen and oxygen atoms in total. The molecule has 1 N–H and O–H groups in total. The van der Waals surface area contributed by atoms with Crippen molar-refractivity contribution in [2.75, 3.05) is 18.5 Å². The van der Waals surface area contributed by atoms with Crippen molar-refractivity contribution >= 4 is 5.69 Å². The molecule has 4 heteroatoms. The molecule has 0 aliphatic rings. The van der Waals surface area contributed by atoms with Gasteiger partial charge in [-0.05, 0) is 31.5 Å². The smallest absolute Gasteiger partial charge is 0.126 e. The minimum Gasteiger partial charge on any atom is -0.389 e. The van der Waals surface area contributed by atoms with Crippen LogP contribution in [0.5, 0.6) is 0 Å². The topological polar surface area (TPSA) is 47.3 Å². The Bertz CT molecular complexity index is 438. The van der Waals surface area contributed by atoms with Gasteiger partial charge < -0.3 is 10.0 Å². The molecule has 0 fully saturated rings. The number of halogens is 1. The monoisotopic (exact) mass is 236 g/mol. The molecular weight excluding hydrogens is 219 g/mol. The summed E-state index contributed by atoms with van der Waals surface area (Å²) in [6, 6.07) is 5.13. The minimum absolute atomic E-state index is 0.321. The molecule has 0 bridgehead atoms. The highest BCUT2D eigenvalue weighted by Crippen LogP contribution is 2.28. The Morgan fingerprint density at radius 2 is 2.18 bits per heavy atom. The molecule has 0 radical (unpaired) electrons. The van der Waals surface area contributed by atoms with Crippen LogP contribution in [0, 0.1) is 24.1 Å². The molecule has 0 saturated heterocycles. The first-order valence-electron chi connectivity index (χ1n) is 5.53. The third kappa shape index (κ3) is 3.18. The number of hydrogen-bond acceptors (Lipinski definition) is 3. The van der Waals surface area contributed by atoms with Crippen molar-refractivity contribution in [3.05, 3.63) is 29.1 Å². The van der Waals surface area contributed by atoms with E-state index in [2.05, 4.69) is 6.07 Å². The van der Waals surface area contributed by atoms with Crippen molar-refractivity contribution in [2.24, 2.45) is 0 Å². The number of aliphatic hydroxyl groups excluding tert-OH is 1. The second-order valence-electron chi connectivity index (χ2n) is 4.17. The first-order valence-corrected chi connectivity index (χ1v) is 5.53. The number of hydrogen-bond donors (Lipinski definition) is 1. The first-order chi connectivity index (χ1) is 7.97. The van der Waals surface area contributed by atoms with Gasteiger partial charge in [0.05, 0.1) is 18.6 Å².